The maximum absolute atomic E-state index is 10.7. The first kappa shape index (κ1) is 11.8. The number of nitrogens with two attached hydrogens (primary N) is 1. The molecule has 1 aromatic rings. The Morgan fingerprint density at radius 2 is 2.20 bits per heavy atom. The zero-order valence-corrected chi connectivity index (χ0v) is 9.21. The highest BCUT2D eigenvalue weighted by Crippen LogP contribution is 2.30. The third-order valence-corrected chi connectivity index (χ3v) is 2.61. The Balaban J connectivity index is 3.27. The number of hydrogen-bond acceptors (Lipinski definition) is 3. The number of carboxylic acid groups (broad SMARTS) is 1. The van der Waals surface area contributed by atoms with Crippen molar-refractivity contribution >= 4 is 17.6 Å². The first-order chi connectivity index (χ1) is 6.97. The van der Waals surface area contributed by atoms with E-state index in [1.807, 2.05) is 0 Å². The highest BCUT2D eigenvalue weighted by Gasteiger charge is 2.19. The Kier molecular flexibility index (Phi) is 3.55. The fraction of sp³-hybridized carbons (Fsp3) is 0.300. The predicted molar refractivity (Wildman–Crippen MR) is 57.3 cm³/mol. The summed E-state index contributed by atoms with van der Waals surface area (Å²) < 4.78 is 5.01. The molecule has 0 radical (unpaired) electrons. The third-order valence-electron chi connectivity index (χ3n) is 2.09. The van der Waals surface area contributed by atoms with Crippen molar-refractivity contribution in [3.8, 4) is 5.75 Å². The van der Waals surface area contributed by atoms with Crippen molar-refractivity contribution in [3.63, 3.8) is 0 Å². The highest BCUT2D eigenvalue weighted by atomic mass is 35.5. The summed E-state index contributed by atoms with van der Waals surface area (Å²) in [5, 5.41) is 9.16. The molecule has 0 aromatic heterocycles. The Labute approximate surface area is 92.6 Å². The molecular weight excluding hydrogens is 218 g/mol. The molecule has 82 valence electrons. The van der Waals surface area contributed by atoms with Crippen LogP contribution in [0.5, 0.6) is 5.75 Å². The van der Waals surface area contributed by atoms with Crippen LogP contribution < -0.4 is 10.5 Å². The van der Waals surface area contributed by atoms with Gasteiger partial charge in [0.2, 0.25) is 0 Å². The molecule has 3 N–H and O–H groups in total. The molecule has 0 aliphatic heterocycles. The molecule has 0 amide bonds. The summed E-state index contributed by atoms with van der Waals surface area (Å²) in [6.45, 7) is 1.77. The minimum atomic E-state index is -1.13. The van der Waals surface area contributed by atoms with Crippen molar-refractivity contribution in [2.75, 3.05) is 7.11 Å². The second-order valence-electron chi connectivity index (χ2n) is 3.16. The lowest BCUT2D eigenvalue weighted by molar-refractivity contribution is -0.138. The number of aliphatic carboxylic acids is 1. The van der Waals surface area contributed by atoms with Crippen LogP contribution in [0.3, 0.4) is 0 Å². The van der Waals surface area contributed by atoms with Crippen molar-refractivity contribution in [3.05, 3.63) is 28.3 Å². The van der Waals surface area contributed by atoms with E-state index in [2.05, 4.69) is 0 Å². The maximum atomic E-state index is 10.7. The Morgan fingerprint density at radius 1 is 1.60 bits per heavy atom. The van der Waals surface area contributed by atoms with E-state index < -0.39 is 12.0 Å². The zero-order valence-electron chi connectivity index (χ0n) is 8.45. The number of hydrogen-bond donors (Lipinski definition) is 2. The van der Waals surface area contributed by atoms with Gasteiger partial charge < -0.3 is 15.6 Å². The van der Waals surface area contributed by atoms with E-state index in [9.17, 15) is 4.79 Å². The highest BCUT2D eigenvalue weighted by molar-refractivity contribution is 6.32. The summed E-state index contributed by atoms with van der Waals surface area (Å²) in [5.41, 5.74) is 6.59. The van der Waals surface area contributed by atoms with Gasteiger partial charge in [-0.25, -0.2) is 0 Å². The average molecular weight is 230 g/mol. The Bertz CT molecular complexity index is 392. The van der Waals surface area contributed by atoms with E-state index in [0.717, 1.165) is 5.56 Å². The van der Waals surface area contributed by atoms with Gasteiger partial charge in [0.05, 0.1) is 7.11 Å². The molecule has 0 heterocycles. The molecule has 1 rings (SSSR count). The molecule has 1 unspecified atom stereocenters. The van der Waals surface area contributed by atoms with Crippen LogP contribution in [0.15, 0.2) is 12.1 Å². The van der Waals surface area contributed by atoms with Gasteiger partial charge in [0.15, 0.2) is 0 Å². The molecule has 4 nitrogen and oxygen atoms in total. The summed E-state index contributed by atoms with van der Waals surface area (Å²) in [5.74, 6) is -0.576. The van der Waals surface area contributed by atoms with Gasteiger partial charge in [0.1, 0.15) is 11.8 Å². The first-order valence-electron chi connectivity index (χ1n) is 4.29. The van der Waals surface area contributed by atoms with E-state index in [0.29, 0.717) is 16.3 Å². The van der Waals surface area contributed by atoms with Crippen LogP contribution >= 0.6 is 11.6 Å². The molecule has 0 fully saturated rings. The zero-order chi connectivity index (χ0) is 11.6. The largest absolute Gasteiger partial charge is 0.497 e. The van der Waals surface area contributed by atoms with E-state index in [4.69, 9.17) is 27.2 Å². The molecular formula is C10H12ClNO3. The fourth-order valence-electron chi connectivity index (χ4n) is 1.24. The number of carbonyl (C=O) groups is 1. The lowest BCUT2D eigenvalue weighted by Gasteiger charge is -2.13. The molecule has 15 heavy (non-hydrogen) atoms. The van der Waals surface area contributed by atoms with E-state index in [-0.39, 0.29) is 0 Å². The summed E-state index contributed by atoms with van der Waals surface area (Å²) >= 11 is 5.96. The van der Waals surface area contributed by atoms with Crippen molar-refractivity contribution in [2.24, 2.45) is 5.73 Å². The normalized spacial score (nSPS) is 12.3. The number of ether oxygens (including phenoxy) is 1. The van der Waals surface area contributed by atoms with Crippen molar-refractivity contribution in [2.45, 2.75) is 13.0 Å². The molecule has 0 aliphatic rings. The van der Waals surface area contributed by atoms with Gasteiger partial charge in [-0.05, 0) is 24.6 Å². The van der Waals surface area contributed by atoms with Gasteiger partial charge in [-0.3, -0.25) is 4.79 Å². The van der Waals surface area contributed by atoms with E-state index in [1.54, 1.807) is 13.0 Å². The van der Waals surface area contributed by atoms with E-state index >= 15 is 0 Å². The predicted octanol–water partition coefficient (Wildman–Crippen LogP) is 1.74. The minimum Gasteiger partial charge on any atom is -0.497 e. The lowest BCUT2D eigenvalue weighted by atomic mass is 10.0. The summed E-state index contributed by atoms with van der Waals surface area (Å²) in [6, 6.07) is 2.13. The monoisotopic (exact) mass is 229 g/mol. The van der Waals surface area contributed by atoms with Crippen LogP contribution in [0.25, 0.3) is 0 Å². The number of benzene rings is 1. The molecule has 0 saturated heterocycles. The first-order valence-corrected chi connectivity index (χ1v) is 4.67. The van der Waals surface area contributed by atoms with Crippen LogP contribution in [0.4, 0.5) is 0 Å². The van der Waals surface area contributed by atoms with Gasteiger partial charge in [-0.2, -0.15) is 0 Å². The summed E-state index contributed by atoms with van der Waals surface area (Å²) in [7, 11) is 1.50. The standard InChI is InChI=1S/C10H12ClNO3/c1-5-3-6(15-2)4-7(8(5)11)9(12)10(13)14/h3-4,9H,12H2,1-2H3,(H,13,14). The van der Waals surface area contributed by atoms with Crippen LogP contribution in [-0.2, 0) is 4.79 Å². The van der Waals surface area contributed by atoms with Crippen LogP contribution in [0, 0.1) is 6.92 Å². The Hall–Kier alpha value is -1.26. The summed E-state index contributed by atoms with van der Waals surface area (Å²) in [4.78, 5) is 10.7. The molecule has 1 aromatic carbocycles. The van der Waals surface area contributed by atoms with Crippen molar-refractivity contribution in [1.29, 1.82) is 0 Å². The van der Waals surface area contributed by atoms with Gasteiger partial charge in [-0.15, -0.1) is 0 Å². The summed E-state index contributed by atoms with van der Waals surface area (Å²) in [6.07, 6.45) is 0. The molecule has 0 bridgehead atoms. The third kappa shape index (κ3) is 2.40. The lowest BCUT2D eigenvalue weighted by Crippen LogP contribution is -2.21. The van der Waals surface area contributed by atoms with Crippen molar-refractivity contribution in [1.82, 2.24) is 0 Å². The number of rotatable bonds is 3. The van der Waals surface area contributed by atoms with Gasteiger partial charge in [0, 0.05) is 10.6 Å². The van der Waals surface area contributed by atoms with Crippen molar-refractivity contribution < 1.29 is 14.6 Å². The quantitative estimate of drug-likeness (QED) is 0.828. The van der Waals surface area contributed by atoms with E-state index in [1.165, 1.54) is 13.2 Å². The second kappa shape index (κ2) is 4.51. The van der Waals surface area contributed by atoms with Crippen LogP contribution in [0.1, 0.15) is 17.2 Å². The van der Waals surface area contributed by atoms with Crippen LogP contribution in [-0.4, -0.2) is 18.2 Å². The topological polar surface area (TPSA) is 72.5 Å². The number of halogens is 1. The number of aryl methyl sites for hydroxylation is 1. The fourth-order valence-corrected chi connectivity index (χ4v) is 1.47. The van der Waals surface area contributed by atoms with Gasteiger partial charge in [0.25, 0.3) is 0 Å². The number of carboxylic acids is 1. The average Bonchev–Trinajstić information content (AvgIpc) is 2.20. The maximum Gasteiger partial charge on any atom is 0.325 e. The molecule has 0 saturated carbocycles. The van der Waals surface area contributed by atoms with Gasteiger partial charge in [-0.1, -0.05) is 11.6 Å². The smallest absolute Gasteiger partial charge is 0.325 e. The Morgan fingerprint density at radius 3 is 2.67 bits per heavy atom. The molecule has 0 spiro atoms. The van der Waals surface area contributed by atoms with Crippen LogP contribution in [0.2, 0.25) is 5.02 Å². The number of methoxy groups -OCH3 is 1. The molecule has 1 atom stereocenters. The minimum absolute atomic E-state index is 0.362. The molecule has 5 heteroatoms. The SMILES string of the molecule is COc1cc(C)c(Cl)c(C(N)C(=O)O)c1. The second-order valence-corrected chi connectivity index (χ2v) is 3.54. The molecule has 0 aliphatic carbocycles. The van der Waals surface area contributed by atoms with Gasteiger partial charge >= 0.3 is 5.97 Å².